The Kier molecular flexibility index (Phi) is 32.6. The molecule has 104 heavy (non-hydrogen) atoms. The Hall–Kier alpha value is -0.720. The summed E-state index contributed by atoms with van der Waals surface area (Å²) in [6.45, 7) is 70.2. The van der Waals surface area contributed by atoms with E-state index in [0.29, 0.717) is 142 Å². The van der Waals surface area contributed by atoms with Crippen molar-refractivity contribution in [3.05, 3.63) is 0 Å². The molecule has 0 amide bonds. The Bertz CT molecular complexity index is 2500. The monoisotopic (exact) mass is 1480 g/mol. The number of rotatable bonds is 29. The Morgan fingerprint density at radius 1 is 0.163 bits per heavy atom. The van der Waals surface area contributed by atoms with Gasteiger partial charge in [0, 0.05) is 59.9 Å². The Morgan fingerprint density at radius 3 is 0.442 bits per heavy atom. The maximum absolute atomic E-state index is 6.98. The third-order valence-corrected chi connectivity index (χ3v) is 31.4. The van der Waals surface area contributed by atoms with Gasteiger partial charge >= 0.3 is 0 Å². The van der Waals surface area contributed by atoms with Crippen LogP contribution < -0.4 is 0 Å². The van der Waals surface area contributed by atoms with Crippen LogP contribution in [-0.4, -0.2) is 171 Å². The first-order chi connectivity index (χ1) is 49.2. The molecule has 0 aromatic rings. The minimum Gasteiger partial charge on any atom is -0.352 e. The zero-order valence-corrected chi connectivity index (χ0v) is 70.8. The molecule has 18 heteroatoms. The molecular formula is C86H156O18. The first-order valence-corrected chi connectivity index (χ1v) is 42.6. The summed E-state index contributed by atoms with van der Waals surface area (Å²) in [6, 6.07) is 0. The van der Waals surface area contributed by atoms with Crippen LogP contribution in [0.4, 0.5) is 0 Å². The average molecular weight is 1480 g/mol. The van der Waals surface area contributed by atoms with Gasteiger partial charge in [0.2, 0.25) is 0 Å². The van der Waals surface area contributed by atoms with Crippen LogP contribution in [0.1, 0.15) is 220 Å². The van der Waals surface area contributed by atoms with Crippen molar-refractivity contribution in [1.82, 2.24) is 0 Å². The van der Waals surface area contributed by atoms with E-state index >= 15 is 0 Å². The number of unbranched alkanes of at least 4 members (excludes halogenated alkanes) is 1. The Morgan fingerprint density at radius 2 is 0.298 bits per heavy atom. The first kappa shape index (κ1) is 87.2. The maximum atomic E-state index is 6.98. The van der Waals surface area contributed by atoms with Gasteiger partial charge in [-0.05, 0) is 119 Å². The predicted molar refractivity (Wildman–Crippen MR) is 404 cm³/mol. The van der Waals surface area contributed by atoms with E-state index in [2.05, 4.69) is 201 Å². The fourth-order valence-electron chi connectivity index (χ4n) is 18.9. The summed E-state index contributed by atoms with van der Waals surface area (Å²) >= 11 is 0. The highest BCUT2D eigenvalue weighted by atomic mass is 16.8. The molecule has 9 heterocycles. The fourth-order valence-corrected chi connectivity index (χ4v) is 18.9. The largest absolute Gasteiger partial charge is 0.352 e. The fraction of sp³-hybridized carbons (Fsp3) is 1.00. The van der Waals surface area contributed by atoms with Gasteiger partial charge in [0.25, 0.3) is 0 Å². The van der Waals surface area contributed by atoms with E-state index in [0.717, 1.165) is 19.3 Å². The lowest BCUT2D eigenvalue weighted by Crippen LogP contribution is -2.53. The van der Waals surface area contributed by atoms with E-state index in [9.17, 15) is 0 Å². The van der Waals surface area contributed by atoms with E-state index in [1.807, 2.05) is 0 Å². The van der Waals surface area contributed by atoms with Crippen LogP contribution in [0, 0.1) is 160 Å². The number of hydrogen-bond acceptors (Lipinski definition) is 18. The van der Waals surface area contributed by atoms with Gasteiger partial charge in [-0.15, -0.1) is 0 Å². The predicted octanol–water partition coefficient (Wildman–Crippen LogP) is 17.0. The quantitative estimate of drug-likeness (QED) is 0.0648. The molecule has 9 rings (SSSR count). The summed E-state index contributed by atoms with van der Waals surface area (Å²) in [5.41, 5.74) is 0. The zero-order valence-electron chi connectivity index (χ0n) is 70.8. The van der Waals surface area contributed by atoms with Crippen LogP contribution in [0.2, 0.25) is 0 Å². The highest BCUT2D eigenvalue weighted by Crippen LogP contribution is 2.47. The molecule has 0 radical (unpaired) electrons. The highest BCUT2D eigenvalue weighted by Gasteiger charge is 2.51. The van der Waals surface area contributed by atoms with Gasteiger partial charge in [0.05, 0.1) is 108 Å². The van der Waals surface area contributed by atoms with E-state index in [-0.39, 0.29) is 157 Å². The SMILES string of the molecule is CCCCO[C@@H]1OC(CO[C@@H]2OC(CO[C@@H]3OC(CO[C@@H]4OC(CO[C@@H]5OC(CO[C@@H]6OC(CO[C@@H]7OC(CO[C@@H]8OC(CO[C@@H]9OC(CC)[C@H](C)[C@H](C)C9C)[C@H](C)[C@H](C)C8C)[C@H](C)[C@H](C)C7C)[C@H](C)[C@H](C)C6C)[C@H](C)[C@H](C)C5C)[C@H](C)[C@H](C)C4C)[C@H](C)[C@H](C)C3C)[C@H](C)[C@H](C)C2C)[C@H](C)[C@H](C)C1C. The van der Waals surface area contributed by atoms with E-state index in [1.165, 1.54) is 0 Å². The summed E-state index contributed by atoms with van der Waals surface area (Å²) < 4.78 is 122. The summed E-state index contributed by atoms with van der Waals surface area (Å²) in [5, 5.41) is 0. The standard InChI is InChI=1S/C86H156O18/c1-30-32-33-87-78-60(21)43(4)52(13)70(97-78)34-89-80-62(23)45(6)54(15)72(99-80)36-91-82-64(25)47(8)56(17)74(101-82)38-93-84-66(27)49(10)58(19)76(103-84)40-95-86-68(29)50(11)59(20)77(104-86)41-94-85-67(28)48(9)57(18)75(102-85)39-92-83-65(26)46(7)55(16)73(100-83)37-90-81-63(24)44(5)53(14)71(98-81)35-88-79-61(22)42(3)51(12)69(31-2)96-79/h42-86H,30-41H2,1-29H3/t42-,43-,44-,45-,46-,47-,48-,49-,50-,51+,52+,53+,54+,55+,56+,57+,58+,59+,60?,61?,62?,63?,64?,65?,66?,67?,68?,69?,70?,71?,72?,73?,74?,75?,76?,77?,78+,79+,80+,81+,82+,83+,84+,85+,86+/m0/s1. The lowest BCUT2D eigenvalue weighted by Gasteiger charge is -2.48. The molecule has 0 bridgehead atoms. The molecule has 0 aromatic carbocycles. The molecule has 18 unspecified atom stereocenters. The zero-order chi connectivity index (χ0) is 76.2. The lowest BCUT2D eigenvalue weighted by molar-refractivity contribution is -0.320. The first-order valence-electron chi connectivity index (χ1n) is 42.6. The molecule has 9 fully saturated rings. The molecule has 0 saturated carbocycles. The second kappa shape index (κ2) is 38.9. The van der Waals surface area contributed by atoms with Gasteiger partial charge in [-0.2, -0.15) is 0 Å². The smallest absolute Gasteiger partial charge is 0.160 e. The summed E-state index contributed by atoms with van der Waals surface area (Å²) in [4.78, 5) is 0. The third-order valence-electron chi connectivity index (χ3n) is 31.4. The van der Waals surface area contributed by atoms with Crippen molar-refractivity contribution in [2.45, 2.75) is 332 Å². The van der Waals surface area contributed by atoms with Crippen LogP contribution in [0.3, 0.4) is 0 Å². The maximum Gasteiger partial charge on any atom is 0.160 e. The molecule has 608 valence electrons. The van der Waals surface area contributed by atoms with Gasteiger partial charge in [-0.1, -0.05) is 207 Å². The normalized spacial score (nSPS) is 52.1. The minimum atomic E-state index is -0.434. The van der Waals surface area contributed by atoms with E-state index < -0.39 is 31.5 Å². The summed E-state index contributed by atoms with van der Waals surface area (Å²) in [6.07, 6.45) is -1.27. The van der Waals surface area contributed by atoms with Crippen molar-refractivity contribution in [1.29, 1.82) is 0 Å². The van der Waals surface area contributed by atoms with Crippen molar-refractivity contribution in [2.75, 3.05) is 59.5 Å². The molecule has 0 N–H and O–H groups in total. The van der Waals surface area contributed by atoms with Crippen molar-refractivity contribution < 1.29 is 85.3 Å². The van der Waals surface area contributed by atoms with Crippen LogP contribution >= 0.6 is 0 Å². The van der Waals surface area contributed by atoms with Crippen LogP contribution in [0.5, 0.6) is 0 Å². The molecule has 0 spiro atoms. The Balaban J connectivity index is 0.737. The molecule has 0 aromatic heterocycles. The third kappa shape index (κ3) is 19.9. The second-order valence-electron chi connectivity index (χ2n) is 36.9. The van der Waals surface area contributed by atoms with Gasteiger partial charge < -0.3 is 85.3 Å². The van der Waals surface area contributed by atoms with Crippen LogP contribution in [0.25, 0.3) is 0 Å². The summed E-state index contributed by atoms with van der Waals surface area (Å²) in [5.74, 6) is 7.78. The van der Waals surface area contributed by atoms with Gasteiger partial charge in [0.1, 0.15) is 0 Å². The number of hydrogen-bond donors (Lipinski definition) is 0. The second-order valence-corrected chi connectivity index (χ2v) is 36.9. The molecule has 9 saturated heterocycles. The minimum absolute atomic E-state index is 0.0713. The van der Waals surface area contributed by atoms with Crippen molar-refractivity contribution >= 4 is 0 Å². The van der Waals surface area contributed by atoms with Crippen LogP contribution in [-0.2, 0) is 85.3 Å². The highest BCUT2D eigenvalue weighted by molar-refractivity contribution is 4.93. The molecule has 0 aliphatic carbocycles. The average Bonchev–Trinajstić information content (AvgIpc) is 0.802. The molecular weight excluding hydrogens is 1320 g/mol. The van der Waals surface area contributed by atoms with Crippen molar-refractivity contribution in [2.24, 2.45) is 160 Å². The van der Waals surface area contributed by atoms with E-state index in [1.54, 1.807) is 0 Å². The van der Waals surface area contributed by atoms with Crippen LogP contribution in [0.15, 0.2) is 0 Å². The van der Waals surface area contributed by atoms with Crippen molar-refractivity contribution in [3.8, 4) is 0 Å². The topological polar surface area (TPSA) is 166 Å². The lowest BCUT2D eigenvalue weighted by atomic mass is 9.78. The van der Waals surface area contributed by atoms with Crippen molar-refractivity contribution in [3.63, 3.8) is 0 Å². The van der Waals surface area contributed by atoms with E-state index in [4.69, 9.17) is 85.3 Å². The molecule has 45 atom stereocenters. The summed E-state index contributed by atoms with van der Waals surface area (Å²) in [7, 11) is 0. The molecule has 18 nitrogen and oxygen atoms in total. The van der Waals surface area contributed by atoms with Gasteiger partial charge in [-0.3, -0.25) is 0 Å². The molecule has 9 aliphatic heterocycles. The van der Waals surface area contributed by atoms with Gasteiger partial charge in [-0.25, -0.2) is 0 Å². The molecule has 9 aliphatic rings. The van der Waals surface area contributed by atoms with Gasteiger partial charge in [0.15, 0.2) is 56.6 Å². The number of ether oxygens (including phenoxy) is 18. The Labute approximate surface area is 633 Å².